The molecule has 1 amide bonds. The summed E-state index contributed by atoms with van der Waals surface area (Å²) < 4.78 is 15.0. The number of halogens is 1. The van der Waals surface area contributed by atoms with E-state index >= 15 is 0 Å². The van der Waals surface area contributed by atoms with Crippen LogP contribution in [-0.4, -0.2) is 37.6 Å². The third-order valence-electron chi connectivity index (χ3n) is 3.39. The summed E-state index contributed by atoms with van der Waals surface area (Å²) in [5.74, 6) is -0.686. The van der Waals surface area contributed by atoms with E-state index in [1.54, 1.807) is 0 Å². The molecule has 0 aliphatic heterocycles. The number of rotatable bonds is 7. The van der Waals surface area contributed by atoms with Gasteiger partial charge in [-0.1, -0.05) is 11.6 Å². The second-order valence-corrected chi connectivity index (χ2v) is 5.52. The standard InChI is InChI=1S/C17H15ClN2O7/c1-25-15-8-14(13(18)7-12(15)17(22)26-2)19-16(21)9-27-11-5-3-10(4-6-11)20(23)24/h3-8H,9H2,1-2H3,(H,19,21). The Kier molecular flexibility index (Phi) is 6.56. The maximum Gasteiger partial charge on any atom is 0.341 e. The molecule has 1 N–H and O–H groups in total. The van der Waals surface area contributed by atoms with Crippen LogP contribution >= 0.6 is 11.6 Å². The van der Waals surface area contributed by atoms with Crippen LogP contribution in [-0.2, 0) is 9.53 Å². The number of nitrogens with one attached hydrogen (secondary N) is 1. The third kappa shape index (κ3) is 5.08. The van der Waals surface area contributed by atoms with E-state index in [-0.39, 0.29) is 34.3 Å². The van der Waals surface area contributed by atoms with E-state index in [2.05, 4.69) is 10.1 Å². The van der Waals surface area contributed by atoms with Crippen LogP contribution in [0.4, 0.5) is 11.4 Å². The molecule has 2 rings (SSSR count). The lowest BCUT2D eigenvalue weighted by molar-refractivity contribution is -0.384. The number of benzene rings is 2. The maximum atomic E-state index is 12.1. The molecule has 0 unspecified atom stereocenters. The van der Waals surface area contributed by atoms with Gasteiger partial charge in [-0.25, -0.2) is 4.79 Å². The number of ether oxygens (including phenoxy) is 3. The van der Waals surface area contributed by atoms with E-state index < -0.39 is 16.8 Å². The molecule has 0 aromatic heterocycles. The van der Waals surface area contributed by atoms with Crippen LogP contribution in [0.1, 0.15) is 10.4 Å². The number of carbonyl (C=O) groups is 2. The first-order valence-corrected chi connectivity index (χ1v) is 7.86. The predicted octanol–water partition coefficient (Wildman–Crippen LogP) is 3.06. The number of methoxy groups -OCH3 is 2. The molecule has 0 aliphatic carbocycles. The molecule has 0 heterocycles. The van der Waals surface area contributed by atoms with E-state index in [9.17, 15) is 19.7 Å². The highest BCUT2D eigenvalue weighted by molar-refractivity contribution is 6.34. The van der Waals surface area contributed by atoms with Gasteiger partial charge in [0.25, 0.3) is 11.6 Å². The van der Waals surface area contributed by atoms with E-state index in [1.807, 2.05) is 0 Å². The van der Waals surface area contributed by atoms with Crippen molar-refractivity contribution >= 4 is 34.9 Å². The van der Waals surface area contributed by atoms with Gasteiger partial charge < -0.3 is 19.5 Å². The summed E-state index contributed by atoms with van der Waals surface area (Å²) in [7, 11) is 2.58. The van der Waals surface area contributed by atoms with Crippen molar-refractivity contribution in [1.82, 2.24) is 0 Å². The lowest BCUT2D eigenvalue weighted by Gasteiger charge is -2.13. The minimum absolute atomic E-state index is 0.0867. The van der Waals surface area contributed by atoms with Crippen LogP contribution in [0.5, 0.6) is 11.5 Å². The third-order valence-corrected chi connectivity index (χ3v) is 3.70. The summed E-state index contributed by atoms with van der Waals surface area (Å²) in [6, 6.07) is 8.00. The first kappa shape index (κ1) is 20.0. The van der Waals surface area contributed by atoms with Crippen molar-refractivity contribution < 1.29 is 28.7 Å². The Morgan fingerprint density at radius 2 is 1.85 bits per heavy atom. The summed E-state index contributed by atoms with van der Waals surface area (Å²) in [5.41, 5.74) is 0.250. The van der Waals surface area contributed by atoms with Crippen LogP contribution in [0, 0.1) is 10.1 Å². The smallest absolute Gasteiger partial charge is 0.341 e. The topological polar surface area (TPSA) is 117 Å². The first-order chi connectivity index (χ1) is 12.8. The quantitative estimate of drug-likeness (QED) is 0.435. The summed E-state index contributed by atoms with van der Waals surface area (Å²) in [6.45, 7) is -0.352. The van der Waals surface area contributed by atoms with Gasteiger partial charge in [0.1, 0.15) is 17.1 Å². The van der Waals surface area contributed by atoms with Gasteiger partial charge in [-0.15, -0.1) is 0 Å². The fourth-order valence-electron chi connectivity index (χ4n) is 2.09. The zero-order valence-corrected chi connectivity index (χ0v) is 15.1. The fourth-order valence-corrected chi connectivity index (χ4v) is 2.30. The fraction of sp³-hybridized carbons (Fsp3) is 0.176. The lowest BCUT2D eigenvalue weighted by Crippen LogP contribution is -2.20. The minimum atomic E-state index is -0.631. The molecule has 0 spiro atoms. The van der Waals surface area contributed by atoms with Crippen molar-refractivity contribution in [3.8, 4) is 11.5 Å². The van der Waals surface area contributed by atoms with Gasteiger partial charge in [0.15, 0.2) is 6.61 Å². The molecular formula is C17H15ClN2O7. The summed E-state index contributed by atoms with van der Waals surface area (Å²) in [6.07, 6.45) is 0. The molecular weight excluding hydrogens is 380 g/mol. The molecule has 0 saturated heterocycles. The number of nitrogens with zero attached hydrogens (tertiary/aromatic N) is 1. The molecule has 0 radical (unpaired) electrons. The van der Waals surface area contributed by atoms with Gasteiger partial charge in [0.05, 0.1) is 29.9 Å². The number of hydrogen-bond donors (Lipinski definition) is 1. The Morgan fingerprint density at radius 1 is 1.19 bits per heavy atom. The number of non-ortho nitro benzene ring substituents is 1. The lowest BCUT2D eigenvalue weighted by atomic mass is 10.1. The summed E-state index contributed by atoms with van der Waals surface area (Å²) >= 11 is 6.08. The Bertz CT molecular complexity index is 868. The number of anilines is 1. The molecule has 0 aliphatic rings. The molecule has 10 heteroatoms. The van der Waals surface area contributed by atoms with Crippen molar-refractivity contribution in [1.29, 1.82) is 0 Å². The molecule has 0 saturated carbocycles. The number of esters is 1. The molecule has 27 heavy (non-hydrogen) atoms. The number of nitro benzene ring substituents is 1. The summed E-state index contributed by atoms with van der Waals surface area (Å²) in [4.78, 5) is 33.8. The number of nitro groups is 1. The highest BCUT2D eigenvalue weighted by Gasteiger charge is 2.17. The van der Waals surface area contributed by atoms with Crippen molar-refractivity contribution in [2.75, 3.05) is 26.1 Å². The monoisotopic (exact) mass is 394 g/mol. The Labute approximate surface area is 158 Å². The molecule has 142 valence electrons. The van der Waals surface area contributed by atoms with Crippen molar-refractivity contribution in [2.45, 2.75) is 0 Å². The van der Waals surface area contributed by atoms with Gasteiger partial charge in [-0.3, -0.25) is 14.9 Å². The Hall–Kier alpha value is -3.33. The van der Waals surface area contributed by atoms with Crippen LogP contribution in [0.15, 0.2) is 36.4 Å². The van der Waals surface area contributed by atoms with Gasteiger partial charge in [0, 0.05) is 18.2 Å². The number of amides is 1. The molecule has 2 aromatic rings. The van der Waals surface area contributed by atoms with Crippen LogP contribution in [0.25, 0.3) is 0 Å². The van der Waals surface area contributed by atoms with Crippen LogP contribution in [0.2, 0.25) is 5.02 Å². The van der Waals surface area contributed by atoms with Crippen LogP contribution in [0.3, 0.4) is 0 Å². The highest BCUT2D eigenvalue weighted by Crippen LogP contribution is 2.31. The normalized spacial score (nSPS) is 10.0. The molecule has 0 fully saturated rings. The average molecular weight is 395 g/mol. The van der Waals surface area contributed by atoms with Gasteiger partial charge >= 0.3 is 5.97 Å². The van der Waals surface area contributed by atoms with E-state index in [0.717, 1.165) is 0 Å². The van der Waals surface area contributed by atoms with E-state index in [0.29, 0.717) is 5.75 Å². The SMILES string of the molecule is COC(=O)c1cc(Cl)c(NC(=O)COc2ccc([N+](=O)[O-])cc2)cc1OC. The largest absolute Gasteiger partial charge is 0.496 e. The Balaban J connectivity index is 2.04. The number of hydrogen-bond acceptors (Lipinski definition) is 7. The second kappa shape index (κ2) is 8.86. The second-order valence-electron chi connectivity index (χ2n) is 5.11. The Morgan fingerprint density at radius 3 is 2.41 bits per heavy atom. The average Bonchev–Trinajstić information content (AvgIpc) is 2.67. The summed E-state index contributed by atoms with van der Waals surface area (Å²) in [5, 5.41) is 13.2. The van der Waals surface area contributed by atoms with Crippen molar-refractivity contribution in [2.24, 2.45) is 0 Å². The van der Waals surface area contributed by atoms with Gasteiger partial charge in [-0.2, -0.15) is 0 Å². The molecule has 0 atom stereocenters. The highest BCUT2D eigenvalue weighted by atomic mass is 35.5. The van der Waals surface area contributed by atoms with Crippen molar-refractivity contribution in [3.63, 3.8) is 0 Å². The van der Waals surface area contributed by atoms with Crippen LogP contribution < -0.4 is 14.8 Å². The zero-order valence-electron chi connectivity index (χ0n) is 14.4. The number of carbonyl (C=O) groups excluding carboxylic acids is 2. The molecule has 0 bridgehead atoms. The van der Waals surface area contributed by atoms with E-state index in [1.165, 1.54) is 50.6 Å². The van der Waals surface area contributed by atoms with Crippen molar-refractivity contribution in [3.05, 3.63) is 57.1 Å². The van der Waals surface area contributed by atoms with Gasteiger partial charge in [0.2, 0.25) is 0 Å². The van der Waals surface area contributed by atoms with Gasteiger partial charge in [-0.05, 0) is 18.2 Å². The van der Waals surface area contributed by atoms with E-state index in [4.69, 9.17) is 21.1 Å². The molecule has 2 aromatic carbocycles. The molecule has 9 nitrogen and oxygen atoms in total. The predicted molar refractivity (Wildman–Crippen MR) is 96.6 cm³/mol. The minimum Gasteiger partial charge on any atom is -0.496 e. The maximum absolute atomic E-state index is 12.1. The zero-order chi connectivity index (χ0) is 20.0. The first-order valence-electron chi connectivity index (χ1n) is 7.48.